The van der Waals surface area contributed by atoms with E-state index in [0.717, 1.165) is 19.2 Å². The van der Waals surface area contributed by atoms with Gasteiger partial charge >= 0.3 is 0 Å². The van der Waals surface area contributed by atoms with Crippen LogP contribution in [-0.4, -0.2) is 39.5 Å². The molecule has 0 unspecified atom stereocenters. The molecule has 0 heterocycles. The van der Waals surface area contributed by atoms with Crippen LogP contribution in [0.4, 0.5) is 0 Å². The van der Waals surface area contributed by atoms with Crippen molar-refractivity contribution in [1.82, 2.24) is 5.32 Å². The minimum Gasteiger partial charge on any atom is -0.382 e. The van der Waals surface area contributed by atoms with Crippen LogP contribution < -0.4 is 5.32 Å². The van der Waals surface area contributed by atoms with E-state index in [4.69, 9.17) is 9.47 Å². The third-order valence-electron chi connectivity index (χ3n) is 2.22. The first-order valence-corrected chi connectivity index (χ1v) is 4.73. The van der Waals surface area contributed by atoms with Crippen LogP contribution in [0.5, 0.6) is 0 Å². The van der Waals surface area contributed by atoms with E-state index in [1.165, 1.54) is 19.3 Å². The SMILES string of the molecule is COCCOCCNC1CCC1. The van der Waals surface area contributed by atoms with Gasteiger partial charge in [-0.1, -0.05) is 6.42 Å². The van der Waals surface area contributed by atoms with Gasteiger partial charge in [0.1, 0.15) is 0 Å². The van der Waals surface area contributed by atoms with Gasteiger partial charge in [0.15, 0.2) is 0 Å². The first kappa shape index (κ1) is 9.96. The van der Waals surface area contributed by atoms with Crippen molar-refractivity contribution in [1.29, 1.82) is 0 Å². The van der Waals surface area contributed by atoms with E-state index in [1.807, 2.05) is 0 Å². The number of hydrogen-bond donors (Lipinski definition) is 1. The molecule has 0 radical (unpaired) electrons. The number of ether oxygens (including phenoxy) is 2. The molecule has 0 atom stereocenters. The van der Waals surface area contributed by atoms with Crippen LogP contribution in [0.15, 0.2) is 0 Å². The Bertz CT molecular complexity index is 105. The maximum Gasteiger partial charge on any atom is 0.0700 e. The third kappa shape index (κ3) is 4.04. The van der Waals surface area contributed by atoms with Crippen LogP contribution in [0.25, 0.3) is 0 Å². The molecule has 12 heavy (non-hydrogen) atoms. The Morgan fingerprint density at radius 1 is 1.25 bits per heavy atom. The van der Waals surface area contributed by atoms with Crippen LogP contribution in [0.1, 0.15) is 19.3 Å². The van der Waals surface area contributed by atoms with Gasteiger partial charge in [-0.05, 0) is 12.8 Å². The van der Waals surface area contributed by atoms with Crippen LogP contribution in [-0.2, 0) is 9.47 Å². The highest BCUT2D eigenvalue weighted by Crippen LogP contribution is 2.17. The van der Waals surface area contributed by atoms with Gasteiger partial charge < -0.3 is 14.8 Å². The lowest BCUT2D eigenvalue weighted by molar-refractivity contribution is 0.0699. The van der Waals surface area contributed by atoms with Crippen LogP contribution >= 0.6 is 0 Å². The summed E-state index contributed by atoms with van der Waals surface area (Å²) in [6, 6.07) is 0.774. The highest BCUT2D eigenvalue weighted by atomic mass is 16.5. The van der Waals surface area contributed by atoms with Crippen molar-refractivity contribution in [3.05, 3.63) is 0 Å². The van der Waals surface area contributed by atoms with E-state index >= 15 is 0 Å². The fourth-order valence-corrected chi connectivity index (χ4v) is 1.19. The maximum absolute atomic E-state index is 5.31. The fourth-order valence-electron chi connectivity index (χ4n) is 1.19. The molecule has 1 saturated carbocycles. The lowest BCUT2D eigenvalue weighted by atomic mass is 9.93. The molecule has 0 aromatic heterocycles. The number of methoxy groups -OCH3 is 1. The molecule has 1 aliphatic rings. The number of rotatable bonds is 7. The van der Waals surface area contributed by atoms with E-state index < -0.39 is 0 Å². The Labute approximate surface area is 74.4 Å². The van der Waals surface area contributed by atoms with Crippen LogP contribution in [0.3, 0.4) is 0 Å². The summed E-state index contributed by atoms with van der Waals surface area (Å²) in [5, 5.41) is 3.43. The largest absolute Gasteiger partial charge is 0.382 e. The molecular weight excluding hydrogens is 154 g/mol. The smallest absolute Gasteiger partial charge is 0.0700 e. The summed E-state index contributed by atoms with van der Waals surface area (Å²) in [7, 11) is 1.69. The zero-order chi connectivity index (χ0) is 8.65. The minimum atomic E-state index is 0.698. The molecule has 0 aromatic rings. The molecule has 0 aromatic carbocycles. The van der Waals surface area contributed by atoms with Crippen molar-refractivity contribution in [3.63, 3.8) is 0 Å². The second-order valence-electron chi connectivity index (χ2n) is 3.19. The summed E-state index contributed by atoms with van der Waals surface area (Å²) < 4.78 is 10.2. The molecule has 1 rings (SSSR count). The van der Waals surface area contributed by atoms with Gasteiger partial charge in [-0.25, -0.2) is 0 Å². The Kier molecular flexibility index (Phi) is 5.32. The van der Waals surface area contributed by atoms with Gasteiger partial charge in [-0.2, -0.15) is 0 Å². The molecule has 0 spiro atoms. The van der Waals surface area contributed by atoms with Crippen molar-refractivity contribution < 1.29 is 9.47 Å². The van der Waals surface area contributed by atoms with Gasteiger partial charge in [-0.15, -0.1) is 0 Å². The molecule has 0 amide bonds. The van der Waals surface area contributed by atoms with E-state index in [2.05, 4.69) is 5.32 Å². The molecule has 72 valence electrons. The van der Waals surface area contributed by atoms with Crippen LogP contribution in [0, 0.1) is 0 Å². The average Bonchev–Trinajstić information content (AvgIpc) is 2.00. The predicted molar refractivity (Wildman–Crippen MR) is 48.3 cm³/mol. The molecule has 0 bridgehead atoms. The standard InChI is InChI=1S/C9H19NO2/c1-11-7-8-12-6-5-10-9-3-2-4-9/h9-10H,2-8H2,1H3. The van der Waals surface area contributed by atoms with E-state index in [9.17, 15) is 0 Å². The first-order chi connectivity index (χ1) is 5.93. The highest BCUT2D eigenvalue weighted by Gasteiger charge is 2.15. The topological polar surface area (TPSA) is 30.5 Å². The molecule has 3 heteroatoms. The second-order valence-corrected chi connectivity index (χ2v) is 3.19. The number of nitrogens with one attached hydrogen (secondary N) is 1. The van der Waals surface area contributed by atoms with Crippen molar-refractivity contribution in [3.8, 4) is 0 Å². The van der Waals surface area contributed by atoms with Gasteiger partial charge in [-0.3, -0.25) is 0 Å². The molecule has 1 N–H and O–H groups in total. The van der Waals surface area contributed by atoms with E-state index in [0.29, 0.717) is 13.2 Å². The Morgan fingerprint density at radius 3 is 2.67 bits per heavy atom. The zero-order valence-electron chi connectivity index (χ0n) is 7.84. The summed E-state index contributed by atoms with van der Waals surface area (Å²) >= 11 is 0. The molecule has 0 aliphatic heterocycles. The second kappa shape index (κ2) is 6.40. The highest BCUT2D eigenvalue weighted by molar-refractivity contribution is 4.75. The Balaban J connectivity index is 1.70. The van der Waals surface area contributed by atoms with Crippen molar-refractivity contribution in [2.45, 2.75) is 25.3 Å². The average molecular weight is 173 g/mol. The van der Waals surface area contributed by atoms with Gasteiger partial charge in [0.05, 0.1) is 19.8 Å². The normalized spacial score (nSPS) is 17.8. The van der Waals surface area contributed by atoms with Crippen LogP contribution in [0.2, 0.25) is 0 Å². The lowest BCUT2D eigenvalue weighted by Crippen LogP contribution is -2.37. The summed E-state index contributed by atoms with van der Waals surface area (Å²) in [5.41, 5.74) is 0. The monoisotopic (exact) mass is 173 g/mol. The molecule has 3 nitrogen and oxygen atoms in total. The quantitative estimate of drug-likeness (QED) is 0.577. The van der Waals surface area contributed by atoms with Crippen molar-refractivity contribution >= 4 is 0 Å². The fraction of sp³-hybridized carbons (Fsp3) is 1.00. The molecular formula is C9H19NO2. The van der Waals surface area contributed by atoms with E-state index in [1.54, 1.807) is 7.11 Å². The summed E-state index contributed by atoms with van der Waals surface area (Å²) in [6.07, 6.45) is 4.08. The Morgan fingerprint density at radius 2 is 2.08 bits per heavy atom. The predicted octanol–water partition coefficient (Wildman–Crippen LogP) is 0.791. The summed E-state index contributed by atoms with van der Waals surface area (Å²) in [5.74, 6) is 0. The maximum atomic E-state index is 5.31. The van der Waals surface area contributed by atoms with Crippen molar-refractivity contribution in [2.24, 2.45) is 0 Å². The third-order valence-corrected chi connectivity index (χ3v) is 2.22. The summed E-state index contributed by atoms with van der Waals surface area (Å²) in [6.45, 7) is 3.19. The summed E-state index contributed by atoms with van der Waals surface area (Å²) in [4.78, 5) is 0. The lowest BCUT2D eigenvalue weighted by Gasteiger charge is -2.26. The molecule has 0 saturated heterocycles. The number of hydrogen-bond acceptors (Lipinski definition) is 3. The van der Waals surface area contributed by atoms with Crippen molar-refractivity contribution in [2.75, 3.05) is 33.5 Å². The Hall–Kier alpha value is -0.120. The first-order valence-electron chi connectivity index (χ1n) is 4.73. The zero-order valence-corrected chi connectivity index (χ0v) is 7.84. The van der Waals surface area contributed by atoms with Gasteiger partial charge in [0, 0.05) is 19.7 Å². The van der Waals surface area contributed by atoms with E-state index in [-0.39, 0.29) is 0 Å². The molecule has 1 aliphatic carbocycles. The molecule has 1 fully saturated rings. The van der Waals surface area contributed by atoms with Gasteiger partial charge in [0.25, 0.3) is 0 Å². The minimum absolute atomic E-state index is 0.698. The van der Waals surface area contributed by atoms with Gasteiger partial charge in [0.2, 0.25) is 0 Å².